The van der Waals surface area contributed by atoms with Crippen molar-refractivity contribution in [1.82, 2.24) is 20.0 Å². The van der Waals surface area contributed by atoms with Gasteiger partial charge in [-0.25, -0.2) is 9.59 Å². The maximum absolute atomic E-state index is 13.0. The minimum atomic E-state index is -4.82. The first-order valence-corrected chi connectivity index (χ1v) is 20.8. The van der Waals surface area contributed by atoms with Gasteiger partial charge in [-0.15, -0.1) is 26.3 Å². The summed E-state index contributed by atoms with van der Waals surface area (Å²) in [6, 6.07) is 9.09. The van der Waals surface area contributed by atoms with Gasteiger partial charge < -0.3 is 53.3 Å². The lowest BCUT2D eigenvalue weighted by molar-refractivity contribution is -0.275. The van der Waals surface area contributed by atoms with E-state index in [1.54, 1.807) is 21.9 Å². The molecule has 0 unspecified atom stereocenters. The Balaban J connectivity index is 0.000000230. The Morgan fingerprint density at radius 1 is 0.619 bits per heavy atom. The highest BCUT2D eigenvalue weighted by molar-refractivity contribution is 5.81. The van der Waals surface area contributed by atoms with E-state index in [4.69, 9.17) is 18.9 Å². The molecule has 1 N–H and O–H groups in total. The van der Waals surface area contributed by atoms with Gasteiger partial charge in [-0.2, -0.15) is 0 Å². The zero-order chi connectivity index (χ0) is 46.4. The third-order valence-electron chi connectivity index (χ3n) is 9.57. The van der Waals surface area contributed by atoms with Crippen LogP contribution in [0.3, 0.4) is 0 Å². The molecule has 4 heterocycles. The number of alkyl halides is 6. The van der Waals surface area contributed by atoms with Crippen LogP contribution >= 0.6 is 0 Å². The first-order valence-electron chi connectivity index (χ1n) is 20.8. The smallest absolute Gasteiger partial charge is 0.444 e. The highest BCUT2D eigenvalue weighted by atomic mass is 19.4. The molecule has 0 aromatic heterocycles. The second-order valence-electron chi connectivity index (χ2n) is 16.9. The summed E-state index contributed by atoms with van der Waals surface area (Å²) in [5.41, 5.74) is 0.631. The third kappa shape index (κ3) is 18.5. The van der Waals surface area contributed by atoms with Crippen LogP contribution in [0, 0.1) is 0 Å². The monoisotopic (exact) mass is 906 g/mol. The minimum absolute atomic E-state index is 0.130. The number of carbonyl (C=O) groups excluding carboxylic acids is 3. The molecule has 15 nitrogen and oxygen atoms in total. The maximum Gasteiger partial charge on any atom is 0.573 e. The Kier molecular flexibility index (Phi) is 18.4. The van der Waals surface area contributed by atoms with E-state index in [9.17, 15) is 40.7 Å². The molecule has 4 saturated heterocycles. The third-order valence-corrected chi connectivity index (χ3v) is 9.57. The predicted molar refractivity (Wildman–Crippen MR) is 221 cm³/mol. The Morgan fingerprint density at radius 2 is 1.05 bits per heavy atom. The summed E-state index contributed by atoms with van der Waals surface area (Å²) in [6.45, 7) is 21.1. The zero-order valence-corrected chi connectivity index (χ0v) is 36.7. The molecule has 0 spiro atoms. The number of rotatable bonds is 7. The lowest BCUT2D eigenvalue weighted by Crippen LogP contribution is -2.49. The van der Waals surface area contributed by atoms with Crippen LogP contribution in [0.25, 0.3) is 0 Å². The van der Waals surface area contributed by atoms with Gasteiger partial charge in [0.05, 0.1) is 32.0 Å². The summed E-state index contributed by atoms with van der Waals surface area (Å²) in [4.78, 5) is 43.6. The van der Waals surface area contributed by atoms with E-state index in [1.807, 2.05) is 62.3 Å². The number of hydrogen-bond acceptors (Lipinski definition) is 13. The average molecular weight is 907 g/mol. The van der Waals surface area contributed by atoms with E-state index in [0.717, 1.165) is 26.2 Å². The number of nitrogens with one attached hydrogen (secondary N) is 1. The van der Waals surface area contributed by atoms with Gasteiger partial charge in [0, 0.05) is 114 Å². The lowest BCUT2D eigenvalue weighted by Gasteiger charge is -2.36. The first-order chi connectivity index (χ1) is 29.5. The maximum atomic E-state index is 13.0. The van der Waals surface area contributed by atoms with Crippen LogP contribution in [0.1, 0.15) is 57.5 Å². The average Bonchev–Trinajstić information content (AvgIpc) is 3.21. The quantitative estimate of drug-likeness (QED) is 0.239. The van der Waals surface area contributed by atoms with E-state index < -0.39 is 24.1 Å². The molecule has 4 aliphatic rings. The standard InChI is InChI=1S/C21H30F3N3O4.C12H12F3NO3.C9H18N2O2/c1-20(2,3)31-19(28)27-8-6-25(7-9-27)15-16-4-5-17(26-10-12-29-13-11-26)14-18(16)30-21(22,23)24;13-12(14,15)19-11-7-10(2-1-9(11)8-17)16-3-5-18-6-4-16;1-9(2,3)13-8(12)11-6-4-10-5-7-11/h4-5,14H,6-13,15H2,1-3H3;1-2,7-8H,3-6H2;10H,4-7H2,1-3H3. The highest BCUT2D eigenvalue weighted by Gasteiger charge is 2.34. The second-order valence-corrected chi connectivity index (χ2v) is 16.9. The van der Waals surface area contributed by atoms with Gasteiger partial charge >= 0.3 is 24.9 Å². The number of amides is 2. The highest BCUT2D eigenvalue weighted by Crippen LogP contribution is 2.33. The summed E-state index contributed by atoms with van der Waals surface area (Å²) in [5.74, 6) is -0.669. The molecule has 0 atom stereocenters. The van der Waals surface area contributed by atoms with Crippen molar-refractivity contribution in [2.24, 2.45) is 0 Å². The summed E-state index contributed by atoms with van der Waals surface area (Å²) in [5, 5.41) is 3.18. The molecule has 21 heteroatoms. The molecule has 2 amide bonds. The molecule has 2 aromatic carbocycles. The number of morpholine rings is 2. The Bertz CT molecular complexity index is 1760. The summed E-state index contributed by atoms with van der Waals surface area (Å²) in [7, 11) is 0. The van der Waals surface area contributed by atoms with Crippen molar-refractivity contribution in [3.63, 3.8) is 0 Å². The van der Waals surface area contributed by atoms with Crippen molar-refractivity contribution in [3.8, 4) is 11.5 Å². The fourth-order valence-electron chi connectivity index (χ4n) is 6.59. The van der Waals surface area contributed by atoms with Crippen molar-refractivity contribution >= 4 is 29.8 Å². The topological polar surface area (TPSA) is 135 Å². The lowest BCUT2D eigenvalue weighted by atomic mass is 10.1. The Morgan fingerprint density at radius 3 is 1.49 bits per heavy atom. The molecule has 354 valence electrons. The van der Waals surface area contributed by atoms with Crippen LogP contribution in [0.4, 0.5) is 47.3 Å². The SMILES string of the molecule is CC(C)(C)OC(=O)N1CCN(Cc2ccc(N3CCOCC3)cc2OC(F)(F)F)CC1.CC(C)(C)OC(=O)N1CCNCC1.O=Cc1ccc(N2CCOCC2)cc1OC(F)(F)F. The second kappa shape index (κ2) is 22.8. The number of carbonyl (C=O) groups is 3. The van der Waals surface area contributed by atoms with E-state index in [-0.39, 0.29) is 29.1 Å². The fraction of sp³-hybridized carbons (Fsp3) is 0.643. The molecular weight excluding hydrogens is 846 g/mol. The van der Waals surface area contributed by atoms with Crippen LogP contribution in [0.5, 0.6) is 11.5 Å². The predicted octanol–water partition coefficient (Wildman–Crippen LogP) is 6.54. The number of piperazine rings is 2. The van der Waals surface area contributed by atoms with Gasteiger partial charge in [-0.3, -0.25) is 9.69 Å². The van der Waals surface area contributed by atoms with Crippen molar-refractivity contribution in [2.45, 2.75) is 72.0 Å². The van der Waals surface area contributed by atoms with Crippen LogP contribution in [-0.2, 0) is 25.5 Å². The number of ether oxygens (including phenoxy) is 6. The van der Waals surface area contributed by atoms with Crippen LogP contribution < -0.4 is 24.6 Å². The van der Waals surface area contributed by atoms with E-state index in [0.29, 0.717) is 109 Å². The van der Waals surface area contributed by atoms with Crippen LogP contribution in [0.2, 0.25) is 0 Å². The summed E-state index contributed by atoms with van der Waals surface area (Å²) < 4.78 is 105. The Hall–Kier alpha value is -4.73. The largest absolute Gasteiger partial charge is 0.573 e. The molecular formula is C42H60F6N6O9. The molecule has 6 rings (SSSR count). The number of nitrogens with zero attached hydrogens (tertiary/aromatic N) is 5. The summed E-state index contributed by atoms with van der Waals surface area (Å²) >= 11 is 0. The number of aldehydes is 1. The fourth-order valence-corrected chi connectivity index (χ4v) is 6.59. The van der Waals surface area contributed by atoms with Crippen molar-refractivity contribution in [1.29, 1.82) is 0 Å². The van der Waals surface area contributed by atoms with Crippen molar-refractivity contribution in [2.75, 3.05) is 115 Å². The Labute approximate surface area is 364 Å². The van der Waals surface area contributed by atoms with Gasteiger partial charge in [0.1, 0.15) is 22.7 Å². The first kappa shape index (κ1) is 50.9. The van der Waals surface area contributed by atoms with Gasteiger partial charge in [-0.05, 0) is 59.7 Å². The number of benzene rings is 2. The number of hydrogen-bond donors (Lipinski definition) is 1. The van der Waals surface area contributed by atoms with Gasteiger partial charge in [-0.1, -0.05) is 6.07 Å². The number of anilines is 2. The zero-order valence-electron chi connectivity index (χ0n) is 36.7. The molecule has 0 saturated carbocycles. The number of halogens is 6. The normalized spacial score (nSPS) is 18.0. The van der Waals surface area contributed by atoms with Crippen molar-refractivity contribution < 1.29 is 69.1 Å². The minimum Gasteiger partial charge on any atom is -0.444 e. The molecule has 4 fully saturated rings. The molecule has 63 heavy (non-hydrogen) atoms. The molecule has 4 aliphatic heterocycles. The molecule has 0 radical (unpaired) electrons. The van der Waals surface area contributed by atoms with Crippen LogP contribution in [0.15, 0.2) is 36.4 Å². The molecule has 2 aromatic rings. The van der Waals surface area contributed by atoms with Gasteiger partial charge in [0.15, 0.2) is 6.29 Å². The van der Waals surface area contributed by atoms with Crippen molar-refractivity contribution in [3.05, 3.63) is 47.5 Å². The summed E-state index contributed by atoms with van der Waals surface area (Å²) in [6.07, 6.45) is -9.82. The molecule has 0 aliphatic carbocycles. The van der Waals surface area contributed by atoms with Crippen LogP contribution in [-0.4, -0.2) is 162 Å². The van der Waals surface area contributed by atoms with E-state index >= 15 is 0 Å². The van der Waals surface area contributed by atoms with Gasteiger partial charge in [0.25, 0.3) is 0 Å². The van der Waals surface area contributed by atoms with Gasteiger partial charge in [0.2, 0.25) is 0 Å². The van der Waals surface area contributed by atoms with E-state index in [1.165, 1.54) is 18.2 Å². The van der Waals surface area contributed by atoms with E-state index in [2.05, 4.69) is 14.8 Å². The molecule has 0 bridgehead atoms.